The van der Waals surface area contributed by atoms with Crippen LogP contribution >= 0.6 is 11.8 Å². The van der Waals surface area contributed by atoms with Gasteiger partial charge in [0.2, 0.25) is 11.8 Å². The predicted octanol–water partition coefficient (Wildman–Crippen LogP) is 2.37. The van der Waals surface area contributed by atoms with Gasteiger partial charge in [0.25, 0.3) is 0 Å². The molecule has 0 bridgehead atoms. The Bertz CT molecular complexity index is 879. The van der Waals surface area contributed by atoms with Crippen molar-refractivity contribution in [2.45, 2.75) is 43.3 Å². The maximum Gasteiger partial charge on any atom is 0.245 e. The number of likely N-dealkylation sites (tertiary alicyclic amines) is 2. The lowest BCUT2D eigenvalue weighted by atomic mass is 10.0. The van der Waals surface area contributed by atoms with Crippen molar-refractivity contribution in [1.82, 2.24) is 24.6 Å². The molecular weight excluding hydrogens is 402 g/mol. The number of piperidine rings is 1. The third-order valence-corrected chi connectivity index (χ3v) is 6.65. The summed E-state index contributed by atoms with van der Waals surface area (Å²) in [5, 5.41) is 8.82. The van der Waals surface area contributed by atoms with E-state index in [1.165, 1.54) is 11.8 Å². The number of thioether (sulfide) groups is 1. The first-order chi connectivity index (χ1) is 14.7. The summed E-state index contributed by atoms with van der Waals surface area (Å²) in [6.07, 6.45) is 6.45. The molecule has 9 heteroatoms. The number of carbonyl (C=O) groups is 2. The summed E-state index contributed by atoms with van der Waals surface area (Å²) in [7, 11) is 1.63. The molecule has 0 radical (unpaired) electrons. The number of hydrogen-bond acceptors (Lipinski definition) is 6. The molecule has 160 valence electrons. The van der Waals surface area contributed by atoms with E-state index in [-0.39, 0.29) is 23.6 Å². The average Bonchev–Trinajstić information content (AvgIpc) is 3.49. The monoisotopic (exact) mass is 429 g/mol. The van der Waals surface area contributed by atoms with Crippen molar-refractivity contribution in [3.63, 3.8) is 0 Å². The second-order valence-electron chi connectivity index (χ2n) is 7.60. The molecule has 0 spiro atoms. The first-order valence-corrected chi connectivity index (χ1v) is 11.4. The minimum atomic E-state index is -0.315. The first-order valence-electron chi connectivity index (χ1n) is 10.4. The van der Waals surface area contributed by atoms with Crippen LogP contribution in [0.1, 0.15) is 32.1 Å². The van der Waals surface area contributed by atoms with E-state index in [0.29, 0.717) is 11.7 Å². The second kappa shape index (κ2) is 9.51. The van der Waals surface area contributed by atoms with Gasteiger partial charge in [0.05, 0.1) is 12.9 Å². The van der Waals surface area contributed by atoms with Crippen LogP contribution < -0.4 is 4.74 Å². The van der Waals surface area contributed by atoms with Gasteiger partial charge in [-0.05, 0) is 56.4 Å². The van der Waals surface area contributed by atoms with E-state index in [1.54, 1.807) is 18.3 Å². The Morgan fingerprint density at radius 3 is 2.57 bits per heavy atom. The highest BCUT2D eigenvalue weighted by molar-refractivity contribution is 7.99. The molecule has 2 aliphatic heterocycles. The zero-order valence-electron chi connectivity index (χ0n) is 17.2. The van der Waals surface area contributed by atoms with E-state index >= 15 is 0 Å². The van der Waals surface area contributed by atoms with Crippen molar-refractivity contribution in [3.8, 4) is 11.4 Å². The molecule has 2 aromatic rings. The Hall–Kier alpha value is -2.55. The smallest absolute Gasteiger partial charge is 0.245 e. The molecule has 2 fully saturated rings. The van der Waals surface area contributed by atoms with Gasteiger partial charge < -0.3 is 14.5 Å². The van der Waals surface area contributed by atoms with Gasteiger partial charge >= 0.3 is 0 Å². The summed E-state index contributed by atoms with van der Waals surface area (Å²) < 4.78 is 7.05. The van der Waals surface area contributed by atoms with Gasteiger partial charge in [0, 0.05) is 25.3 Å². The van der Waals surface area contributed by atoms with Crippen LogP contribution in [0.25, 0.3) is 5.69 Å². The Morgan fingerprint density at radius 1 is 1.10 bits per heavy atom. The standard InChI is InChI=1S/C21H27N5O3S/c1-29-17-9-7-16(8-10-17)26-15-22-23-21(26)30-14-19(27)25-13-3-2-6-18(25)20(28)24-11-4-5-12-24/h7-10,15,18H,2-6,11-14H2,1H3/t18-/m0/s1. The minimum absolute atomic E-state index is 0.0125. The summed E-state index contributed by atoms with van der Waals surface area (Å²) in [5.41, 5.74) is 0.899. The highest BCUT2D eigenvalue weighted by Gasteiger charge is 2.35. The molecule has 4 rings (SSSR count). The molecule has 0 aliphatic carbocycles. The molecule has 2 saturated heterocycles. The van der Waals surface area contributed by atoms with Gasteiger partial charge in [0.15, 0.2) is 5.16 Å². The Kier molecular flexibility index (Phi) is 6.56. The largest absolute Gasteiger partial charge is 0.497 e. The highest BCUT2D eigenvalue weighted by Crippen LogP contribution is 2.25. The maximum atomic E-state index is 13.0. The maximum absolute atomic E-state index is 13.0. The lowest BCUT2D eigenvalue weighted by molar-refractivity contribution is -0.145. The Morgan fingerprint density at radius 2 is 1.83 bits per heavy atom. The fraction of sp³-hybridized carbons (Fsp3) is 0.524. The van der Waals surface area contributed by atoms with Crippen LogP contribution in [0.5, 0.6) is 5.75 Å². The van der Waals surface area contributed by atoms with Gasteiger partial charge in [-0.1, -0.05) is 11.8 Å². The van der Waals surface area contributed by atoms with Crippen LogP contribution in [-0.4, -0.2) is 74.9 Å². The topological polar surface area (TPSA) is 80.6 Å². The van der Waals surface area contributed by atoms with Crippen molar-refractivity contribution < 1.29 is 14.3 Å². The highest BCUT2D eigenvalue weighted by atomic mass is 32.2. The average molecular weight is 430 g/mol. The third-order valence-electron chi connectivity index (χ3n) is 5.72. The number of ether oxygens (including phenoxy) is 1. The van der Waals surface area contributed by atoms with Gasteiger partial charge in [-0.2, -0.15) is 0 Å². The molecule has 0 unspecified atom stereocenters. The molecular formula is C21H27N5O3S. The molecule has 2 amide bonds. The molecule has 2 aliphatic rings. The predicted molar refractivity (Wildman–Crippen MR) is 114 cm³/mol. The van der Waals surface area contributed by atoms with Gasteiger partial charge in [-0.25, -0.2) is 0 Å². The van der Waals surface area contributed by atoms with E-state index in [0.717, 1.165) is 56.6 Å². The molecule has 0 N–H and O–H groups in total. The van der Waals surface area contributed by atoms with Crippen LogP contribution in [0.4, 0.5) is 0 Å². The number of nitrogens with zero attached hydrogens (tertiary/aromatic N) is 5. The molecule has 30 heavy (non-hydrogen) atoms. The number of methoxy groups -OCH3 is 1. The van der Waals surface area contributed by atoms with Crippen LogP contribution in [0.3, 0.4) is 0 Å². The van der Waals surface area contributed by atoms with Crippen LogP contribution in [-0.2, 0) is 9.59 Å². The summed E-state index contributed by atoms with van der Waals surface area (Å²) in [6, 6.07) is 7.27. The molecule has 3 heterocycles. The lowest BCUT2D eigenvalue weighted by Crippen LogP contribution is -2.53. The van der Waals surface area contributed by atoms with Crippen molar-refractivity contribution in [3.05, 3.63) is 30.6 Å². The fourth-order valence-corrected chi connectivity index (χ4v) is 4.90. The van der Waals surface area contributed by atoms with E-state index in [2.05, 4.69) is 10.2 Å². The van der Waals surface area contributed by atoms with Crippen LogP contribution in [0.15, 0.2) is 35.7 Å². The van der Waals surface area contributed by atoms with E-state index < -0.39 is 0 Å². The zero-order valence-corrected chi connectivity index (χ0v) is 18.0. The Balaban J connectivity index is 1.41. The molecule has 0 saturated carbocycles. The summed E-state index contributed by atoms with van der Waals surface area (Å²) in [6.45, 7) is 2.28. The fourth-order valence-electron chi connectivity index (χ4n) is 4.09. The quantitative estimate of drug-likeness (QED) is 0.656. The van der Waals surface area contributed by atoms with Crippen molar-refractivity contribution in [2.24, 2.45) is 0 Å². The van der Waals surface area contributed by atoms with Crippen molar-refractivity contribution in [2.75, 3.05) is 32.5 Å². The molecule has 1 atom stereocenters. The van der Waals surface area contributed by atoms with Gasteiger partial charge in [-0.15, -0.1) is 10.2 Å². The van der Waals surface area contributed by atoms with E-state index in [1.807, 2.05) is 33.7 Å². The summed E-state index contributed by atoms with van der Waals surface area (Å²) >= 11 is 1.35. The zero-order chi connectivity index (χ0) is 20.9. The van der Waals surface area contributed by atoms with Crippen LogP contribution in [0, 0.1) is 0 Å². The number of carbonyl (C=O) groups excluding carboxylic acids is 2. The summed E-state index contributed by atoms with van der Waals surface area (Å²) in [4.78, 5) is 29.6. The van der Waals surface area contributed by atoms with Gasteiger partial charge in [0.1, 0.15) is 18.1 Å². The normalized spacial score (nSPS) is 19.2. The number of amides is 2. The first kappa shape index (κ1) is 20.7. The molecule has 8 nitrogen and oxygen atoms in total. The number of hydrogen-bond donors (Lipinski definition) is 0. The van der Waals surface area contributed by atoms with Crippen LogP contribution in [0.2, 0.25) is 0 Å². The lowest BCUT2D eigenvalue weighted by Gasteiger charge is -2.36. The second-order valence-corrected chi connectivity index (χ2v) is 8.54. The SMILES string of the molecule is COc1ccc(-n2cnnc2SCC(=O)N2CCCC[C@H]2C(=O)N2CCCC2)cc1. The van der Waals surface area contributed by atoms with E-state index in [9.17, 15) is 9.59 Å². The third kappa shape index (κ3) is 4.45. The molecule has 1 aromatic heterocycles. The number of rotatable bonds is 6. The number of benzene rings is 1. The summed E-state index contributed by atoms with van der Waals surface area (Å²) in [5.74, 6) is 1.11. The Labute approximate surface area is 180 Å². The number of aromatic nitrogens is 3. The van der Waals surface area contributed by atoms with Gasteiger partial charge in [-0.3, -0.25) is 14.2 Å². The minimum Gasteiger partial charge on any atom is -0.497 e. The van der Waals surface area contributed by atoms with Crippen molar-refractivity contribution in [1.29, 1.82) is 0 Å². The van der Waals surface area contributed by atoms with Crippen molar-refractivity contribution >= 4 is 23.6 Å². The molecule has 1 aromatic carbocycles. The van der Waals surface area contributed by atoms with E-state index in [4.69, 9.17) is 4.74 Å².